The van der Waals surface area contributed by atoms with E-state index in [1.807, 2.05) is 18.2 Å². The van der Waals surface area contributed by atoms with E-state index in [0.717, 1.165) is 18.5 Å². The third kappa shape index (κ3) is 3.53. The molecule has 1 aromatic rings. The number of carbonyl (C=O) groups is 1. The number of nitrogens with two attached hydrogens (primary N) is 1. The first kappa shape index (κ1) is 13.0. The Labute approximate surface area is 108 Å². The van der Waals surface area contributed by atoms with Crippen molar-refractivity contribution in [3.05, 3.63) is 30.1 Å². The van der Waals surface area contributed by atoms with Crippen LogP contribution in [0.25, 0.3) is 0 Å². The topological polar surface area (TPSA) is 68.0 Å². The molecule has 0 spiro atoms. The summed E-state index contributed by atoms with van der Waals surface area (Å²) >= 11 is 0. The summed E-state index contributed by atoms with van der Waals surface area (Å²) in [6.45, 7) is 0.672. The molecule has 1 aliphatic rings. The number of pyridine rings is 1. The van der Waals surface area contributed by atoms with Crippen molar-refractivity contribution in [3.8, 4) is 0 Å². The Morgan fingerprint density at radius 3 is 3.06 bits per heavy atom. The van der Waals surface area contributed by atoms with Gasteiger partial charge in [-0.15, -0.1) is 0 Å². The van der Waals surface area contributed by atoms with E-state index in [1.54, 1.807) is 6.20 Å². The van der Waals surface area contributed by atoms with E-state index in [4.69, 9.17) is 5.73 Å². The van der Waals surface area contributed by atoms with Crippen LogP contribution in [0.2, 0.25) is 0 Å². The standard InChI is InChI=1S/C14H21N3O/c15-10-11-4-3-6-13(11)17-14(18)8-7-12-5-1-2-9-16-12/h1-2,5,9,11,13H,3-4,6-8,10,15H2,(H,17,18). The maximum atomic E-state index is 11.9. The van der Waals surface area contributed by atoms with Crippen LogP contribution in [-0.4, -0.2) is 23.5 Å². The molecule has 0 saturated heterocycles. The molecule has 0 aliphatic heterocycles. The Balaban J connectivity index is 1.75. The maximum Gasteiger partial charge on any atom is 0.220 e. The third-order valence-corrected chi connectivity index (χ3v) is 3.64. The van der Waals surface area contributed by atoms with E-state index in [0.29, 0.717) is 25.3 Å². The van der Waals surface area contributed by atoms with Gasteiger partial charge in [0.1, 0.15) is 0 Å². The van der Waals surface area contributed by atoms with Crippen molar-refractivity contribution in [1.82, 2.24) is 10.3 Å². The van der Waals surface area contributed by atoms with E-state index in [9.17, 15) is 4.79 Å². The summed E-state index contributed by atoms with van der Waals surface area (Å²) < 4.78 is 0. The summed E-state index contributed by atoms with van der Waals surface area (Å²) in [7, 11) is 0. The van der Waals surface area contributed by atoms with Gasteiger partial charge < -0.3 is 11.1 Å². The molecule has 1 amide bonds. The Hall–Kier alpha value is -1.42. The maximum absolute atomic E-state index is 11.9. The van der Waals surface area contributed by atoms with Gasteiger partial charge in [-0.05, 0) is 43.9 Å². The fourth-order valence-electron chi connectivity index (χ4n) is 2.58. The summed E-state index contributed by atoms with van der Waals surface area (Å²) in [5, 5.41) is 3.10. The summed E-state index contributed by atoms with van der Waals surface area (Å²) in [5.74, 6) is 0.579. The van der Waals surface area contributed by atoms with Crippen molar-refractivity contribution < 1.29 is 4.79 Å². The van der Waals surface area contributed by atoms with Gasteiger partial charge in [-0.3, -0.25) is 9.78 Å². The normalized spacial score (nSPS) is 22.9. The fraction of sp³-hybridized carbons (Fsp3) is 0.571. The first-order valence-electron chi connectivity index (χ1n) is 6.69. The second-order valence-electron chi connectivity index (χ2n) is 4.92. The molecule has 0 radical (unpaired) electrons. The van der Waals surface area contributed by atoms with Gasteiger partial charge in [0.2, 0.25) is 5.91 Å². The van der Waals surface area contributed by atoms with Crippen LogP contribution in [0, 0.1) is 5.92 Å². The second-order valence-corrected chi connectivity index (χ2v) is 4.92. The zero-order chi connectivity index (χ0) is 12.8. The average molecular weight is 247 g/mol. The highest BCUT2D eigenvalue weighted by Gasteiger charge is 2.26. The monoisotopic (exact) mass is 247 g/mol. The van der Waals surface area contributed by atoms with Gasteiger partial charge in [-0.1, -0.05) is 12.5 Å². The van der Waals surface area contributed by atoms with Crippen LogP contribution in [0.4, 0.5) is 0 Å². The molecular formula is C14H21N3O. The predicted molar refractivity (Wildman–Crippen MR) is 70.9 cm³/mol. The molecule has 4 nitrogen and oxygen atoms in total. The highest BCUT2D eigenvalue weighted by Crippen LogP contribution is 2.24. The molecule has 0 aromatic carbocycles. The highest BCUT2D eigenvalue weighted by atomic mass is 16.1. The Morgan fingerprint density at radius 2 is 2.33 bits per heavy atom. The van der Waals surface area contributed by atoms with Crippen molar-refractivity contribution in [2.45, 2.75) is 38.1 Å². The van der Waals surface area contributed by atoms with Crippen LogP contribution in [0.15, 0.2) is 24.4 Å². The minimum Gasteiger partial charge on any atom is -0.353 e. The third-order valence-electron chi connectivity index (χ3n) is 3.64. The van der Waals surface area contributed by atoms with Gasteiger partial charge in [-0.2, -0.15) is 0 Å². The molecule has 1 heterocycles. The lowest BCUT2D eigenvalue weighted by Gasteiger charge is -2.19. The molecule has 98 valence electrons. The fourth-order valence-corrected chi connectivity index (χ4v) is 2.58. The molecule has 1 fully saturated rings. The molecule has 1 aromatic heterocycles. The van der Waals surface area contributed by atoms with Crippen LogP contribution in [0.1, 0.15) is 31.4 Å². The van der Waals surface area contributed by atoms with Crippen molar-refractivity contribution in [2.24, 2.45) is 11.7 Å². The number of amides is 1. The summed E-state index contributed by atoms with van der Waals surface area (Å²) in [6.07, 6.45) is 6.35. The predicted octanol–water partition coefficient (Wildman–Crippen LogP) is 1.26. The molecule has 3 N–H and O–H groups in total. The molecule has 4 heteroatoms. The van der Waals surface area contributed by atoms with Crippen LogP contribution >= 0.6 is 0 Å². The average Bonchev–Trinajstić information content (AvgIpc) is 2.85. The number of hydrogen-bond donors (Lipinski definition) is 2. The second kappa shape index (κ2) is 6.50. The molecule has 2 unspecified atom stereocenters. The number of hydrogen-bond acceptors (Lipinski definition) is 3. The summed E-state index contributed by atoms with van der Waals surface area (Å²) in [6, 6.07) is 6.06. The van der Waals surface area contributed by atoms with E-state index in [2.05, 4.69) is 10.3 Å². The number of nitrogens with one attached hydrogen (secondary N) is 1. The Bertz CT molecular complexity index is 380. The first-order chi connectivity index (χ1) is 8.79. The van der Waals surface area contributed by atoms with E-state index < -0.39 is 0 Å². The van der Waals surface area contributed by atoms with Gasteiger partial charge in [0, 0.05) is 24.4 Å². The summed E-state index contributed by atoms with van der Waals surface area (Å²) in [4.78, 5) is 16.1. The van der Waals surface area contributed by atoms with Gasteiger partial charge in [0.15, 0.2) is 0 Å². The van der Waals surface area contributed by atoms with Crippen molar-refractivity contribution in [2.75, 3.05) is 6.54 Å². The van der Waals surface area contributed by atoms with Crippen molar-refractivity contribution in [3.63, 3.8) is 0 Å². The lowest BCUT2D eigenvalue weighted by Crippen LogP contribution is -2.39. The van der Waals surface area contributed by atoms with Crippen LogP contribution in [0.3, 0.4) is 0 Å². The molecule has 18 heavy (non-hydrogen) atoms. The molecule has 2 atom stereocenters. The lowest BCUT2D eigenvalue weighted by atomic mass is 10.0. The number of aromatic nitrogens is 1. The van der Waals surface area contributed by atoms with Crippen LogP contribution < -0.4 is 11.1 Å². The van der Waals surface area contributed by atoms with Gasteiger partial charge in [0.25, 0.3) is 0 Å². The van der Waals surface area contributed by atoms with Gasteiger partial charge in [-0.25, -0.2) is 0 Å². The van der Waals surface area contributed by atoms with E-state index >= 15 is 0 Å². The molecule has 2 rings (SSSR count). The molecule has 0 bridgehead atoms. The van der Waals surface area contributed by atoms with Crippen molar-refractivity contribution in [1.29, 1.82) is 0 Å². The van der Waals surface area contributed by atoms with E-state index in [-0.39, 0.29) is 11.9 Å². The van der Waals surface area contributed by atoms with Gasteiger partial charge in [0.05, 0.1) is 0 Å². The number of aryl methyl sites for hydroxylation is 1. The quantitative estimate of drug-likeness (QED) is 0.823. The van der Waals surface area contributed by atoms with Crippen LogP contribution in [-0.2, 0) is 11.2 Å². The molecule has 1 aliphatic carbocycles. The molecular weight excluding hydrogens is 226 g/mol. The minimum atomic E-state index is 0.117. The first-order valence-corrected chi connectivity index (χ1v) is 6.69. The van der Waals surface area contributed by atoms with Crippen molar-refractivity contribution >= 4 is 5.91 Å². The Kier molecular flexibility index (Phi) is 4.70. The van der Waals surface area contributed by atoms with E-state index in [1.165, 1.54) is 6.42 Å². The lowest BCUT2D eigenvalue weighted by molar-refractivity contribution is -0.122. The SMILES string of the molecule is NCC1CCCC1NC(=O)CCc1ccccn1. The molecule has 1 saturated carbocycles. The Morgan fingerprint density at radius 1 is 1.44 bits per heavy atom. The highest BCUT2D eigenvalue weighted by molar-refractivity contribution is 5.76. The summed E-state index contributed by atoms with van der Waals surface area (Å²) in [5.41, 5.74) is 6.67. The van der Waals surface area contributed by atoms with Gasteiger partial charge >= 0.3 is 0 Å². The minimum absolute atomic E-state index is 0.117. The van der Waals surface area contributed by atoms with Crippen LogP contribution in [0.5, 0.6) is 0 Å². The number of carbonyl (C=O) groups excluding carboxylic acids is 1. The zero-order valence-electron chi connectivity index (χ0n) is 10.6. The largest absolute Gasteiger partial charge is 0.353 e. The smallest absolute Gasteiger partial charge is 0.220 e. The number of rotatable bonds is 5. The number of nitrogens with zero attached hydrogens (tertiary/aromatic N) is 1. The zero-order valence-corrected chi connectivity index (χ0v) is 10.6.